The smallest absolute Gasteiger partial charge is 0.258 e. The molecule has 1 rings (SSSR count). The molecule has 0 aliphatic heterocycles. The van der Waals surface area contributed by atoms with Crippen LogP contribution < -0.4 is 10.1 Å². The third kappa shape index (κ3) is 4.87. The van der Waals surface area contributed by atoms with Crippen LogP contribution in [0.3, 0.4) is 0 Å². The first-order valence-electron chi connectivity index (χ1n) is 6.42. The summed E-state index contributed by atoms with van der Waals surface area (Å²) in [4.78, 5) is 11.6. The molecule has 5 heteroatoms. The number of hydrogen-bond acceptors (Lipinski definition) is 3. The van der Waals surface area contributed by atoms with E-state index in [0.29, 0.717) is 5.56 Å². The molecule has 0 aliphatic rings. The molecule has 0 aromatic heterocycles. The average Bonchev–Trinajstić information content (AvgIpc) is 2.43. The van der Waals surface area contributed by atoms with Gasteiger partial charge in [-0.3, -0.25) is 4.79 Å². The van der Waals surface area contributed by atoms with E-state index in [-0.39, 0.29) is 30.9 Å². The van der Waals surface area contributed by atoms with Crippen LogP contribution in [-0.2, 0) is 11.4 Å². The van der Waals surface area contributed by atoms with Gasteiger partial charge in [0.15, 0.2) is 18.2 Å². The Morgan fingerprint density at radius 2 is 2.11 bits per heavy atom. The number of rotatable bonds is 7. The lowest BCUT2D eigenvalue weighted by molar-refractivity contribution is -0.123. The molecular weight excluding hydrogens is 249 g/mol. The Hall–Kier alpha value is -1.62. The Morgan fingerprint density at radius 3 is 2.63 bits per heavy atom. The van der Waals surface area contributed by atoms with Gasteiger partial charge >= 0.3 is 0 Å². The molecule has 0 saturated heterocycles. The van der Waals surface area contributed by atoms with Gasteiger partial charge in [0.1, 0.15) is 0 Å². The number of nitrogens with one attached hydrogen (secondary N) is 1. The van der Waals surface area contributed by atoms with Crippen molar-refractivity contribution in [3.63, 3.8) is 0 Å². The van der Waals surface area contributed by atoms with E-state index in [1.54, 1.807) is 6.07 Å². The second kappa shape index (κ2) is 7.74. The molecule has 0 bridgehead atoms. The second-order valence-corrected chi connectivity index (χ2v) is 4.29. The minimum absolute atomic E-state index is 0.0110. The van der Waals surface area contributed by atoms with Gasteiger partial charge in [-0.05, 0) is 30.5 Å². The predicted molar refractivity (Wildman–Crippen MR) is 70.3 cm³/mol. The fourth-order valence-electron chi connectivity index (χ4n) is 1.67. The number of carbonyl (C=O) groups is 1. The summed E-state index contributed by atoms with van der Waals surface area (Å²) in [7, 11) is 0. The molecule has 0 saturated carbocycles. The Bertz CT molecular complexity index is 419. The van der Waals surface area contributed by atoms with E-state index < -0.39 is 5.82 Å². The lowest BCUT2D eigenvalue weighted by atomic mass is 10.2. The van der Waals surface area contributed by atoms with Crippen LogP contribution in [0.5, 0.6) is 5.75 Å². The fourth-order valence-corrected chi connectivity index (χ4v) is 1.67. The molecule has 1 aromatic rings. The highest BCUT2D eigenvalue weighted by Crippen LogP contribution is 2.18. The van der Waals surface area contributed by atoms with Gasteiger partial charge in [0.05, 0.1) is 6.61 Å². The molecule has 19 heavy (non-hydrogen) atoms. The maximum atomic E-state index is 13.5. The standard InChI is InChI=1S/C14H20FNO3/c1-3-11(4-2)16-14(18)9-19-13-6-5-10(8-17)7-12(13)15/h5-7,11,17H,3-4,8-9H2,1-2H3,(H,16,18). The summed E-state index contributed by atoms with van der Waals surface area (Å²) in [6.07, 6.45) is 1.70. The van der Waals surface area contributed by atoms with Crippen LogP contribution in [0.25, 0.3) is 0 Å². The molecule has 0 atom stereocenters. The van der Waals surface area contributed by atoms with Crippen LogP contribution >= 0.6 is 0 Å². The molecular formula is C14H20FNO3. The Morgan fingerprint density at radius 1 is 1.42 bits per heavy atom. The van der Waals surface area contributed by atoms with E-state index in [2.05, 4.69) is 5.32 Å². The van der Waals surface area contributed by atoms with Gasteiger partial charge < -0.3 is 15.2 Å². The first-order valence-corrected chi connectivity index (χ1v) is 6.42. The zero-order chi connectivity index (χ0) is 14.3. The average molecular weight is 269 g/mol. The maximum absolute atomic E-state index is 13.5. The summed E-state index contributed by atoms with van der Waals surface area (Å²) in [6.45, 7) is 3.53. The van der Waals surface area contributed by atoms with Crippen LogP contribution in [0.4, 0.5) is 4.39 Å². The van der Waals surface area contributed by atoms with Gasteiger partial charge in [-0.25, -0.2) is 4.39 Å². The van der Waals surface area contributed by atoms with E-state index in [1.807, 2.05) is 13.8 Å². The number of amides is 1. The van der Waals surface area contributed by atoms with Crippen molar-refractivity contribution in [1.29, 1.82) is 0 Å². The van der Waals surface area contributed by atoms with Crippen LogP contribution in [-0.4, -0.2) is 23.7 Å². The Balaban J connectivity index is 2.50. The van der Waals surface area contributed by atoms with Crippen LogP contribution in [0.15, 0.2) is 18.2 Å². The monoisotopic (exact) mass is 269 g/mol. The summed E-state index contributed by atoms with van der Waals surface area (Å²) in [5.41, 5.74) is 0.464. The molecule has 4 nitrogen and oxygen atoms in total. The van der Waals surface area contributed by atoms with Crippen molar-refractivity contribution in [2.45, 2.75) is 39.3 Å². The van der Waals surface area contributed by atoms with Crippen molar-refractivity contribution < 1.29 is 19.0 Å². The summed E-state index contributed by atoms with van der Waals surface area (Å²) in [5.74, 6) is -0.835. The van der Waals surface area contributed by atoms with Gasteiger partial charge in [0, 0.05) is 6.04 Å². The van der Waals surface area contributed by atoms with Gasteiger partial charge in [0.2, 0.25) is 0 Å². The predicted octanol–water partition coefficient (Wildman–Crippen LogP) is 2.00. The van der Waals surface area contributed by atoms with Crippen LogP contribution in [0.2, 0.25) is 0 Å². The summed E-state index contributed by atoms with van der Waals surface area (Å²) < 4.78 is 18.6. The Labute approximate surface area is 112 Å². The quantitative estimate of drug-likeness (QED) is 0.796. The largest absolute Gasteiger partial charge is 0.481 e. The zero-order valence-corrected chi connectivity index (χ0v) is 11.3. The third-order valence-corrected chi connectivity index (χ3v) is 2.89. The normalized spacial score (nSPS) is 10.6. The first kappa shape index (κ1) is 15.4. The summed E-state index contributed by atoms with van der Waals surface area (Å²) >= 11 is 0. The van der Waals surface area contributed by atoms with E-state index in [0.717, 1.165) is 12.8 Å². The third-order valence-electron chi connectivity index (χ3n) is 2.89. The number of hydrogen-bond donors (Lipinski definition) is 2. The first-order chi connectivity index (χ1) is 9.10. The zero-order valence-electron chi connectivity index (χ0n) is 11.3. The van der Waals surface area contributed by atoms with E-state index in [4.69, 9.17) is 9.84 Å². The minimum atomic E-state index is -0.582. The Kier molecular flexibility index (Phi) is 6.29. The molecule has 0 radical (unpaired) electrons. The van der Waals surface area contributed by atoms with Crippen LogP contribution in [0, 0.1) is 5.82 Å². The van der Waals surface area contributed by atoms with Gasteiger partial charge in [-0.15, -0.1) is 0 Å². The number of halogens is 1. The number of aliphatic hydroxyl groups is 1. The highest BCUT2D eigenvalue weighted by atomic mass is 19.1. The SMILES string of the molecule is CCC(CC)NC(=O)COc1ccc(CO)cc1F. The lowest BCUT2D eigenvalue weighted by Gasteiger charge is -2.15. The molecule has 0 aliphatic carbocycles. The van der Waals surface area contributed by atoms with E-state index in [1.165, 1.54) is 12.1 Å². The van der Waals surface area contributed by atoms with Gasteiger partial charge in [-0.1, -0.05) is 19.9 Å². The summed E-state index contributed by atoms with van der Waals surface area (Å²) in [5, 5.41) is 11.7. The number of aliphatic hydroxyl groups excluding tert-OH is 1. The van der Waals surface area contributed by atoms with E-state index >= 15 is 0 Å². The maximum Gasteiger partial charge on any atom is 0.258 e. The highest BCUT2D eigenvalue weighted by Gasteiger charge is 2.10. The van der Waals surface area contributed by atoms with Crippen molar-refractivity contribution in [3.05, 3.63) is 29.6 Å². The topological polar surface area (TPSA) is 58.6 Å². The molecule has 0 heterocycles. The fraction of sp³-hybridized carbons (Fsp3) is 0.500. The molecule has 2 N–H and O–H groups in total. The minimum Gasteiger partial charge on any atom is -0.481 e. The molecule has 0 fully saturated rings. The van der Waals surface area contributed by atoms with E-state index in [9.17, 15) is 9.18 Å². The van der Waals surface area contributed by atoms with Crippen molar-refractivity contribution in [2.75, 3.05) is 6.61 Å². The second-order valence-electron chi connectivity index (χ2n) is 4.29. The molecule has 1 amide bonds. The molecule has 1 aromatic carbocycles. The number of carbonyl (C=O) groups excluding carboxylic acids is 1. The van der Waals surface area contributed by atoms with Gasteiger partial charge in [-0.2, -0.15) is 0 Å². The highest BCUT2D eigenvalue weighted by molar-refractivity contribution is 5.77. The van der Waals surface area contributed by atoms with Gasteiger partial charge in [0.25, 0.3) is 5.91 Å². The molecule has 0 unspecified atom stereocenters. The summed E-state index contributed by atoms with van der Waals surface area (Å²) in [6, 6.07) is 4.27. The lowest BCUT2D eigenvalue weighted by Crippen LogP contribution is -2.37. The van der Waals surface area contributed by atoms with Crippen LogP contribution in [0.1, 0.15) is 32.3 Å². The molecule has 106 valence electrons. The molecule has 0 spiro atoms. The van der Waals surface area contributed by atoms with Crippen molar-refractivity contribution in [3.8, 4) is 5.75 Å². The number of ether oxygens (including phenoxy) is 1. The van der Waals surface area contributed by atoms with Crippen molar-refractivity contribution >= 4 is 5.91 Å². The number of benzene rings is 1. The van der Waals surface area contributed by atoms with Crippen molar-refractivity contribution in [1.82, 2.24) is 5.32 Å². The van der Waals surface area contributed by atoms with Crippen molar-refractivity contribution in [2.24, 2.45) is 0 Å².